The van der Waals surface area contributed by atoms with Gasteiger partial charge in [-0.1, -0.05) is 19.9 Å². The third-order valence-electron chi connectivity index (χ3n) is 2.76. The number of phenols is 2. The summed E-state index contributed by atoms with van der Waals surface area (Å²) in [7, 11) is 0. The fourth-order valence-electron chi connectivity index (χ4n) is 1.47. The van der Waals surface area contributed by atoms with Crippen LogP contribution in [0, 0.1) is 5.41 Å². The number of aromatic hydroxyl groups is 2. The molecule has 0 heterocycles. The predicted octanol–water partition coefficient (Wildman–Crippen LogP) is 2.48. The lowest BCUT2D eigenvalue weighted by Gasteiger charge is -2.23. The molecule has 0 spiro atoms. The Morgan fingerprint density at radius 1 is 1.39 bits per heavy atom. The second-order valence-corrected chi connectivity index (χ2v) is 5.34. The van der Waals surface area contributed by atoms with Crippen LogP contribution in [0.4, 0.5) is 0 Å². The molecule has 18 heavy (non-hydrogen) atoms. The molecular weight excluding hydrogens is 254 g/mol. The molecule has 4 nitrogen and oxygen atoms in total. The highest BCUT2D eigenvalue weighted by atomic mass is 35.5. The lowest BCUT2D eigenvalue weighted by Crippen LogP contribution is -2.34. The summed E-state index contributed by atoms with van der Waals surface area (Å²) in [5, 5.41) is 21.6. The van der Waals surface area contributed by atoms with E-state index in [2.05, 4.69) is 5.32 Å². The Kier molecular flexibility index (Phi) is 4.84. The number of hydrogen-bond donors (Lipinski definition) is 3. The number of alkyl halides is 1. The van der Waals surface area contributed by atoms with E-state index in [4.69, 9.17) is 11.6 Å². The van der Waals surface area contributed by atoms with E-state index in [0.29, 0.717) is 12.4 Å². The summed E-state index contributed by atoms with van der Waals surface area (Å²) in [6.07, 6.45) is 0.779. The Morgan fingerprint density at radius 2 is 2.06 bits per heavy atom. The topological polar surface area (TPSA) is 69.6 Å². The molecule has 100 valence electrons. The SMILES string of the molecule is CC(C)(CCCl)CNC(=O)c1cccc(O)c1O. The zero-order valence-corrected chi connectivity index (χ0v) is 11.3. The van der Waals surface area contributed by atoms with Gasteiger partial charge in [0.2, 0.25) is 0 Å². The van der Waals surface area contributed by atoms with Crippen LogP contribution < -0.4 is 5.32 Å². The van der Waals surface area contributed by atoms with Gasteiger partial charge >= 0.3 is 0 Å². The number of hydrogen-bond acceptors (Lipinski definition) is 3. The first-order valence-corrected chi connectivity index (χ1v) is 6.26. The molecule has 1 aromatic rings. The molecule has 0 unspecified atom stereocenters. The molecule has 0 radical (unpaired) electrons. The molecule has 0 fully saturated rings. The van der Waals surface area contributed by atoms with Crippen molar-refractivity contribution in [3.63, 3.8) is 0 Å². The molecule has 0 atom stereocenters. The Bertz CT molecular complexity index is 432. The first-order chi connectivity index (χ1) is 8.37. The Labute approximate surface area is 112 Å². The number of nitrogens with one attached hydrogen (secondary N) is 1. The van der Waals surface area contributed by atoms with E-state index in [-0.39, 0.29) is 16.7 Å². The fourth-order valence-corrected chi connectivity index (χ4v) is 1.99. The number of benzene rings is 1. The predicted molar refractivity (Wildman–Crippen MR) is 71.2 cm³/mol. The number of phenolic OH excluding ortho intramolecular Hbond substituents is 2. The van der Waals surface area contributed by atoms with Crippen LogP contribution in [0.2, 0.25) is 0 Å². The van der Waals surface area contributed by atoms with Gasteiger partial charge < -0.3 is 15.5 Å². The summed E-state index contributed by atoms with van der Waals surface area (Å²) in [6.45, 7) is 4.45. The van der Waals surface area contributed by atoms with Gasteiger partial charge in [0.1, 0.15) is 0 Å². The van der Waals surface area contributed by atoms with Crippen molar-refractivity contribution in [1.29, 1.82) is 0 Å². The Morgan fingerprint density at radius 3 is 2.67 bits per heavy atom. The average molecular weight is 272 g/mol. The summed E-state index contributed by atoms with van der Waals surface area (Å²) in [4.78, 5) is 11.9. The highest BCUT2D eigenvalue weighted by Gasteiger charge is 2.20. The van der Waals surface area contributed by atoms with Gasteiger partial charge in [-0.2, -0.15) is 0 Å². The van der Waals surface area contributed by atoms with Crippen LogP contribution >= 0.6 is 11.6 Å². The van der Waals surface area contributed by atoms with Crippen molar-refractivity contribution in [1.82, 2.24) is 5.32 Å². The molecule has 0 aliphatic carbocycles. The third kappa shape index (κ3) is 3.81. The zero-order valence-electron chi connectivity index (χ0n) is 10.5. The van der Waals surface area contributed by atoms with E-state index in [0.717, 1.165) is 6.42 Å². The number of halogens is 1. The van der Waals surface area contributed by atoms with Crippen molar-refractivity contribution in [2.45, 2.75) is 20.3 Å². The lowest BCUT2D eigenvalue weighted by atomic mass is 9.90. The van der Waals surface area contributed by atoms with Crippen LogP contribution in [0.15, 0.2) is 18.2 Å². The maximum absolute atomic E-state index is 11.9. The van der Waals surface area contributed by atoms with Gasteiger partial charge in [0.05, 0.1) is 5.56 Å². The number of rotatable bonds is 5. The van der Waals surface area contributed by atoms with Crippen LogP contribution in [0.3, 0.4) is 0 Å². The highest BCUT2D eigenvalue weighted by Crippen LogP contribution is 2.28. The molecule has 5 heteroatoms. The fraction of sp³-hybridized carbons (Fsp3) is 0.462. The van der Waals surface area contributed by atoms with Gasteiger partial charge in [-0.25, -0.2) is 0 Å². The molecule has 3 N–H and O–H groups in total. The Hall–Kier alpha value is -1.42. The summed E-state index contributed by atoms with van der Waals surface area (Å²) in [5.74, 6) is -0.584. The largest absolute Gasteiger partial charge is 0.504 e. The molecule has 0 saturated carbocycles. The van der Waals surface area contributed by atoms with Crippen molar-refractivity contribution in [2.75, 3.05) is 12.4 Å². The number of amides is 1. The van der Waals surface area contributed by atoms with E-state index in [1.807, 2.05) is 13.8 Å². The molecule has 1 amide bonds. The second-order valence-electron chi connectivity index (χ2n) is 4.96. The normalized spacial score (nSPS) is 11.3. The first kappa shape index (κ1) is 14.6. The molecule has 1 rings (SSSR count). The minimum atomic E-state index is -0.411. The van der Waals surface area contributed by atoms with Gasteiger partial charge in [-0.05, 0) is 24.0 Å². The zero-order chi connectivity index (χ0) is 13.8. The minimum Gasteiger partial charge on any atom is -0.504 e. The minimum absolute atomic E-state index is 0.0664. The molecule has 0 aromatic heterocycles. The van der Waals surface area contributed by atoms with Gasteiger partial charge in [-0.3, -0.25) is 4.79 Å². The van der Waals surface area contributed by atoms with Crippen LogP contribution in [0.25, 0.3) is 0 Å². The second kappa shape index (κ2) is 5.96. The first-order valence-electron chi connectivity index (χ1n) is 5.72. The quantitative estimate of drug-likeness (QED) is 0.569. The summed E-state index contributed by atoms with van der Waals surface area (Å²) in [6, 6.07) is 4.29. The van der Waals surface area contributed by atoms with E-state index < -0.39 is 11.7 Å². The van der Waals surface area contributed by atoms with E-state index in [1.54, 1.807) is 0 Å². The summed E-state index contributed by atoms with van der Waals surface area (Å²) in [5.41, 5.74) is -0.0409. The van der Waals surface area contributed by atoms with Crippen molar-refractivity contribution in [2.24, 2.45) is 5.41 Å². The van der Waals surface area contributed by atoms with Crippen molar-refractivity contribution in [3.8, 4) is 11.5 Å². The Balaban J connectivity index is 2.69. The van der Waals surface area contributed by atoms with Gasteiger partial charge in [0.25, 0.3) is 5.91 Å². The number of carbonyl (C=O) groups is 1. The highest BCUT2D eigenvalue weighted by molar-refractivity contribution is 6.17. The van der Waals surface area contributed by atoms with Crippen LogP contribution in [-0.4, -0.2) is 28.5 Å². The standard InChI is InChI=1S/C13H18ClNO3/c1-13(2,6-7-14)8-15-12(18)9-4-3-5-10(16)11(9)17/h3-5,16-17H,6-8H2,1-2H3,(H,15,18). The van der Waals surface area contributed by atoms with Crippen molar-refractivity contribution in [3.05, 3.63) is 23.8 Å². The van der Waals surface area contributed by atoms with E-state index in [9.17, 15) is 15.0 Å². The number of para-hydroxylation sites is 1. The summed E-state index contributed by atoms with van der Waals surface area (Å²) < 4.78 is 0. The summed E-state index contributed by atoms with van der Waals surface area (Å²) >= 11 is 5.68. The molecular formula is C13H18ClNO3. The number of carbonyl (C=O) groups excluding carboxylic acids is 1. The molecule has 0 aliphatic heterocycles. The van der Waals surface area contributed by atoms with Gasteiger partial charge in [0, 0.05) is 12.4 Å². The molecule has 0 aliphatic rings. The third-order valence-corrected chi connectivity index (χ3v) is 2.95. The van der Waals surface area contributed by atoms with Gasteiger partial charge in [0.15, 0.2) is 11.5 Å². The van der Waals surface area contributed by atoms with Crippen molar-refractivity contribution >= 4 is 17.5 Å². The van der Waals surface area contributed by atoms with Crippen molar-refractivity contribution < 1.29 is 15.0 Å². The molecule has 1 aromatic carbocycles. The maximum atomic E-state index is 11.9. The molecule has 0 saturated heterocycles. The van der Waals surface area contributed by atoms with E-state index in [1.165, 1.54) is 18.2 Å². The van der Waals surface area contributed by atoms with Crippen LogP contribution in [-0.2, 0) is 0 Å². The monoisotopic (exact) mass is 271 g/mol. The van der Waals surface area contributed by atoms with Crippen LogP contribution in [0.5, 0.6) is 11.5 Å². The van der Waals surface area contributed by atoms with Crippen LogP contribution in [0.1, 0.15) is 30.6 Å². The maximum Gasteiger partial charge on any atom is 0.255 e. The lowest BCUT2D eigenvalue weighted by molar-refractivity contribution is 0.0932. The van der Waals surface area contributed by atoms with Gasteiger partial charge in [-0.15, -0.1) is 11.6 Å². The smallest absolute Gasteiger partial charge is 0.255 e. The average Bonchev–Trinajstić information content (AvgIpc) is 2.30. The van der Waals surface area contributed by atoms with E-state index >= 15 is 0 Å². The molecule has 0 bridgehead atoms.